The van der Waals surface area contributed by atoms with Gasteiger partial charge in [0.05, 0.1) is 5.56 Å². The van der Waals surface area contributed by atoms with Crippen molar-refractivity contribution in [3.8, 4) is 0 Å². The van der Waals surface area contributed by atoms with Gasteiger partial charge in [0.2, 0.25) is 0 Å². The van der Waals surface area contributed by atoms with Crippen LogP contribution in [0, 0.1) is 5.82 Å². The van der Waals surface area contributed by atoms with Crippen molar-refractivity contribution in [3.05, 3.63) is 23.6 Å². The molecule has 1 fully saturated rings. The van der Waals surface area contributed by atoms with Gasteiger partial charge in [0, 0.05) is 25.3 Å². The summed E-state index contributed by atoms with van der Waals surface area (Å²) in [4.78, 5) is 20.0. The van der Waals surface area contributed by atoms with Gasteiger partial charge in [-0.25, -0.2) is 15.2 Å². The minimum absolute atomic E-state index is 0.0126. The normalized spacial score (nSPS) is 18.6. The van der Waals surface area contributed by atoms with Gasteiger partial charge in [-0.1, -0.05) is 0 Å². The molecular formula is C13H20FN5O. The molecule has 0 saturated carbocycles. The summed E-state index contributed by atoms with van der Waals surface area (Å²) in [6.07, 6.45) is 3.26. The summed E-state index contributed by atoms with van der Waals surface area (Å²) < 4.78 is 14.1. The molecule has 1 saturated heterocycles. The quantitative estimate of drug-likeness (QED) is 0.627. The smallest absolute Gasteiger partial charge is 0.257 e. The predicted octanol–water partition coefficient (Wildman–Crippen LogP) is 0.672. The van der Waals surface area contributed by atoms with Gasteiger partial charge in [-0.05, 0) is 33.0 Å². The van der Waals surface area contributed by atoms with E-state index in [0.717, 1.165) is 19.4 Å². The summed E-state index contributed by atoms with van der Waals surface area (Å²) in [5.74, 6) is 4.07. The second-order valence-electron chi connectivity index (χ2n) is 5.22. The Hall–Kier alpha value is -1.73. The summed E-state index contributed by atoms with van der Waals surface area (Å²) in [6.45, 7) is 1.44. The van der Waals surface area contributed by atoms with Crippen molar-refractivity contribution in [3.63, 3.8) is 0 Å². The standard InChI is InChI=1S/C13H20FN5O/c1-18(2)8-9-4-3-7-19(9)13(20)10-5-6-16-12(17-15)11(10)14/h5-6,9H,3-4,7-8,15H2,1-2H3,(H,16,17). The number of nitrogen functional groups attached to an aromatic ring is 1. The Bertz CT molecular complexity index is 494. The number of likely N-dealkylation sites (N-methyl/N-ethyl adjacent to an activating group) is 1. The lowest BCUT2D eigenvalue weighted by atomic mass is 10.1. The minimum Gasteiger partial charge on any atom is -0.334 e. The summed E-state index contributed by atoms with van der Waals surface area (Å²) in [7, 11) is 3.93. The van der Waals surface area contributed by atoms with E-state index in [1.165, 1.54) is 12.3 Å². The molecule has 0 spiro atoms. The van der Waals surface area contributed by atoms with E-state index in [-0.39, 0.29) is 23.3 Å². The van der Waals surface area contributed by atoms with Crippen LogP contribution in [-0.2, 0) is 0 Å². The Morgan fingerprint density at radius 3 is 3.05 bits per heavy atom. The number of hydrogen-bond donors (Lipinski definition) is 2. The highest BCUT2D eigenvalue weighted by atomic mass is 19.1. The number of carbonyl (C=O) groups is 1. The third-order valence-electron chi connectivity index (χ3n) is 3.47. The summed E-state index contributed by atoms with van der Waals surface area (Å²) in [6, 6.07) is 1.52. The number of aromatic nitrogens is 1. The number of rotatable bonds is 4. The lowest BCUT2D eigenvalue weighted by molar-refractivity contribution is 0.0711. The molecule has 1 atom stereocenters. The lowest BCUT2D eigenvalue weighted by Crippen LogP contribution is -2.41. The summed E-state index contributed by atoms with van der Waals surface area (Å²) >= 11 is 0. The maximum absolute atomic E-state index is 14.1. The van der Waals surface area contributed by atoms with Crippen LogP contribution >= 0.6 is 0 Å². The van der Waals surface area contributed by atoms with Crippen molar-refractivity contribution in [2.45, 2.75) is 18.9 Å². The molecule has 0 bridgehead atoms. The largest absolute Gasteiger partial charge is 0.334 e. The molecule has 0 aromatic carbocycles. The maximum atomic E-state index is 14.1. The monoisotopic (exact) mass is 281 g/mol. The first-order chi connectivity index (χ1) is 9.54. The molecule has 1 aromatic rings. The number of nitrogens with zero attached hydrogens (tertiary/aromatic N) is 3. The molecule has 3 N–H and O–H groups in total. The van der Waals surface area contributed by atoms with E-state index < -0.39 is 5.82 Å². The SMILES string of the molecule is CN(C)CC1CCCN1C(=O)c1ccnc(NN)c1F. The van der Waals surface area contributed by atoms with E-state index in [4.69, 9.17) is 5.84 Å². The lowest BCUT2D eigenvalue weighted by Gasteiger charge is -2.27. The third kappa shape index (κ3) is 2.88. The Kier molecular flexibility index (Phi) is 4.51. The van der Waals surface area contributed by atoms with E-state index in [2.05, 4.69) is 10.4 Å². The van der Waals surface area contributed by atoms with Crippen LogP contribution in [0.25, 0.3) is 0 Å². The van der Waals surface area contributed by atoms with Gasteiger partial charge in [0.25, 0.3) is 5.91 Å². The van der Waals surface area contributed by atoms with E-state index in [0.29, 0.717) is 6.54 Å². The number of halogens is 1. The number of pyridine rings is 1. The molecular weight excluding hydrogens is 261 g/mol. The van der Waals surface area contributed by atoms with Crippen molar-refractivity contribution in [2.24, 2.45) is 5.84 Å². The number of nitrogens with one attached hydrogen (secondary N) is 1. The minimum atomic E-state index is -0.699. The maximum Gasteiger partial charge on any atom is 0.257 e. The molecule has 1 aromatic heterocycles. The molecule has 1 unspecified atom stereocenters. The van der Waals surface area contributed by atoms with Crippen molar-refractivity contribution in [1.29, 1.82) is 0 Å². The molecule has 7 heteroatoms. The van der Waals surface area contributed by atoms with Crippen LogP contribution in [0.3, 0.4) is 0 Å². The first-order valence-corrected chi connectivity index (χ1v) is 6.61. The van der Waals surface area contributed by atoms with Crippen LogP contribution in [0.2, 0.25) is 0 Å². The van der Waals surface area contributed by atoms with Crippen molar-refractivity contribution >= 4 is 11.7 Å². The van der Waals surface area contributed by atoms with Gasteiger partial charge >= 0.3 is 0 Å². The fourth-order valence-electron chi connectivity index (χ4n) is 2.58. The van der Waals surface area contributed by atoms with Gasteiger partial charge in [-0.15, -0.1) is 0 Å². The average molecular weight is 281 g/mol. The second-order valence-corrected chi connectivity index (χ2v) is 5.22. The first-order valence-electron chi connectivity index (χ1n) is 6.61. The molecule has 1 aliphatic rings. The summed E-state index contributed by atoms with van der Waals surface area (Å²) in [5, 5.41) is 0. The van der Waals surface area contributed by atoms with E-state index >= 15 is 0 Å². The zero-order valence-electron chi connectivity index (χ0n) is 11.8. The van der Waals surface area contributed by atoms with Crippen molar-refractivity contribution in [1.82, 2.24) is 14.8 Å². The number of hydrogen-bond acceptors (Lipinski definition) is 5. The average Bonchev–Trinajstić information content (AvgIpc) is 2.85. The van der Waals surface area contributed by atoms with Gasteiger partial charge in [0.1, 0.15) is 0 Å². The van der Waals surface area contributed by atoms with Gasteiger partial charge in [-0.3, -0.25) is 4.79 Å². The number of nitrogens with two attached hydrogens (primary N) is 1. The Labute approximate surface area is 117 Å². The number of likely N-dealkylation sites (tertiary alicyclic amines) is 1. The van der Waals surface area contributed by atoms with Crippen LogP contribution in [0.5, 0.6) is 0 Å². The second kappa shape index (κ2) is 6.15. The molecule has 2 heterocycles. The molecule has 6 nitrogen and oxygen atoms in total. The van der Waals surface area contributed by atoms with E-state index in [1.54, 1.807) is 4.90 Å². The van der Waals surface area contributed by atoms with Crippen LogP contribution in [0.4, 0.5) is 10.2 Å². The molecule has 20 heavy (non-hydrogen) atoms. The fraction of sp³-hybridized carbons (Fsp3) is 0.538. The number of amides is 1. The van der Waals surface area contributed by atoms with Crippen LogP contribution < -0.4 is 11.3 Å². The van der Waals surface area contributed by atoms with Crippen molar-refractivity contribution < 1.29 is 9.18 Å². The highest BCUT2D eigenvalue weighted by molar-refractivity contribution is 5.95. The van der Waals surface area contributed by atoms with Crippen LogP contribution in [0.15, 0.2) is 12.3 Å². The molecule has 2 rings (SSSR count). The molecule has 1 amide bonds. The number of anilines is 1. The van der Waals surface area contributed by atoms with Gasteiger partial charge in [-0.2, -0.15) is 0 Å². The topological polar surface area (TPSA) is 74.5 Å². The Morgan fingerprint density at radius 1 is 1.65 bits per heavy atom. The van der Waals surface area contributed by atoms with Crippen LogP contribution in [0.1, 0.15) is 23.2 Å². The van der Waals surface area contributed by atoms with Crippen molar-refractivity contribution in [2.75, 3.05) is 32.6 Å². The molecule has 110 valence electrons. The molecule has 0 aliphatic carbocycles. The molecule has 0 radical (unpaired) electrons. The van der Waals surface area contributed by atoms with E-state index in [9.17, 15) is 9.18 Å². The number of carbonyl (C=O) groups excluding carboxylic acids is 1. The number of hydrazine groups is 1. The predicted molar refractivity (Wildman–Crippen MR) is 74.6 cm³/mol. The van der Waals surface area contributed by atoms with Crippen LogP contribution in [-0.4, -0.2) is 53.9 Å². The van der Waals surface area contributed by atoms with Gasteiger partial charge < -0.3 is 15.2 Å². The highest BCUT2D eigenvalue weighted by Gasteiger charge is 2.31. The summed E-state index contributed by atoms with van der Waals surface area (Å²) in [5.41, 5.74) is 2.17. The first kappa shape index (κ1) is 14.7. The third-order valence-corrected chi connectivity index (χ3v) is 3.47. The zero-order valence-corrected chi connectivity index (χ0v) is 11.8. The Balaban J connectivity index is 2.22. The fourth-order valence-corrected chi connectivity index (χ4v) is 2.58. The molecule has 1 aliphatic heterocycles. The highest BCUT2D eigenvalue weighted by Crippen LogP contribution is 2.23. The van der Waals surface area contributed by atoms with E-state index in [1.807, 2.05) is 19.0 Å². The van der Waals surface area contributed by atoms with Gasteiger partial charge in [0.15, 0.2) is 11.6 Å². The Morgan fingerprint density at radius 2 is 2.40 bits per heavy atom. The zero-order chi connectivity index (χ0) is 14.7.